The Morgan fingerprint density at radius 2 is 1.97 bits per heavy atom. The van der Waals surface area contributed by atoms with Gasteiger partial charge in [0.1, 0.15) is 17.6 Å². The molecule has 0 aliphatic rings. The lowest BCUT2D eigenvalue weighted by Gasteiger charge is -2.20. The van der Waals surface area contributed by atoms with Crippen LogP contribution >= 0.6 is 0 Å². The second-order valence-corrected chi connectivity index (χ2v) is 6.26. The number of amides is 1. The Hall–Kier alpha value is -3.94. The standard InChI is InChI=1S/C21H20N4O4/c1-24-14-13-22-21(24)20(17-5-3-4-6-18(17)29-2)23-19(26)12-9-15-7-10-16(11-8-15)25(27)28/h3-14,20H,1-2H3,(H,23,26)/b12-9+. The van der Waals surface area contributed by atoms with Crippen LogP contribution in [0.1, 0.15) is 23.0 Å². The van der Waals surface area contributed by atoms with Crippen LogP contribution in [-0.4, -0.2) is 27.5 Å². The maximum Gasteiger partial charge on any atom is 0.269 e. The van der Waals surface area contributed by atoms with Gasteiger partial charge in [0.2, 0.25) is 5.91 Å². The zero-order chi connectivity index (χ0) is 20.8. The van der Waals surface area contributed by atoms with Gasteiger partial charge in [0.05, 0.1) is 12.0 Å². The number of rotatable bonds is 7. The summed E-state index contributed by atoms with van der Waals surface area (Å²) in [4.78, 5) is 27.2. The minimum Gasteiger partial charge on any atom is -0.496 e. The minimum absolute atomic E-state index is 0.00220. The molecule has 0 radical (unpaired) electrons. The van der Waals surface area contributed by atoms with Gasteiger partial charge in [0, 0.05) is 43.2 Å². The number of carbonyl (C=O) groups is 1. The number of ether oxygens (including phenoxy) is 1. The Bertz CT molecular complexity index is 1040. The summed E-state index contributed by atoms with van der Waals surface area (Å²) >= 11 is 0. The number of nitro benzene ring substituents is 1. The zero-order valence-electron chi connectivity index (χ0n) is 16.0. The normalized spacial score (nSPS) is 11.9. The summed E-state index contributed by atoms with van der Waals surface area (Å²) in [7, 11) is 3.42. The molecule has 148 valence electrons. The van der Waals surface area contributed by atoms with Crippen molar-refractivity contribution in [1.29, 1.82) is 0 Å². The number of non-ortho nitro benzene ring substituents is 1. The van der Waals surface area contributed by atoms with Crippen LogP contribution in [0.5, 0.6) is 5.75 Å². The van der Waals surface area contributed by atoms with Crippen molar-refractivity contribution in [3.8, 4) is 5.75 Å². The lowest BCUT2D eigenvalue weighted by atomic mass is 10.0. The summed E-state index contributed by atoms with van der Waals surface area (Å²) in [6.07, 6.45) is 6.44. The van der Waals surface area contributed by atoms with E-state index in [2.05, 4.69) is 10.3 Å². The van der Waals surface area contributed by atoms with Gasteiger partial charge in [-0.2, -0.15) is 0 Å². The molecule has 0 aliphatic heterocycles. The molecule has 1 amide bonds. The Morgan fingerprint density at radius 1 is 1.24 bits per heavy atom. The molecule has 29 heavy (non-hydrogen) atoms. The minimum atomic E-state index is -0.514. The highest BCUT2D eigenvalue weighted by atomic mass is 16.6. The maximum atomic E-state index is 12.6. The number of nitro groups is 1. The molecular formula is C21H20N4O4. The monoisotopic (exact) mass is 392 g/mol. The smallest absolute Gasteiger partial charge is 0.269 e. The van der Waals surface area contributed by atoms with Crippen LogP contribution in [-0.2, 0) is 11.8 Å². The topological polar surface area (TPSA) is 99.3 Å². The number of hydrogen-bond acceptors (Lipinski definition) is 5. The highest BCUT2D eigenvalue weighted by molar-refractivity contribution is 5.92. The van der Waals surface area contributed by atoms with Gasteiger partial charge in [-0.25, -0.2) is 4.98 Å². The molecule has 0 saturated heterocycles. The van der Waals surface area contributed by atoms with Gasteiger partial charge in [-0.1, -0.05) is 18.2 Å². The van der Waals surface area contributed by atoms with E-state index in [9.17, 15) is 14.9 Å². The maximum absolute atomic E-state index is 12.6. The van der Waals surface area contributed by atoms with Crippen molar-refractivity contribution in [2.24, 2.45) is 7.05 Å². The average Bonchev–Trinajstić information content (AvgIpc) is 3.16. The predicted molar refractivity (Wildman–Crippen MR) is 108 cm³/mol. The van der Waals surface area contributed by atoms with Gasteiger partial charge in [-0.3, -0.25) is 14.9 Å². The van der Waals surface area contributed by atoms with E-state index in [0.717, 1.165) is 5.56 Å². The number of nitrogens with one attached hydrogen (secondary N) is 1. The molecule has 1 heterocycles. The van der Waals surface area contributed by atoms with E-state index in [1.54, 1.807) is 37.7 Å². The Morgan fingerprint density at radius 3 is 2.59 bits per heavy atom. The Labute approximate surface area is 167 Å². The Balaban J connectivity index is 1.83. The van der Waals surface area contributed by atoms with Crippen molar-refractivity contribution in [1.82, 2.24) is 14.9 Å². The van der Waals surface area contributed by atoms with Gasteiger partial charge in [0.15, 0.2) is 0 Å². The summed E-state index contributed by atoms with van der Waals surface area (Å²) in [5.41, 5.74) is 1.45. The third kappa shape index (κ3) is 4.67. The molecule has 3 rings (SSSR count). The molecule has 1 atom stereocenters. The molecule has 0 fully saturated rings. The number of aromatic nitrogens is 2. The molecule has 0 saturated carbocycles. The molecule has 0 bridgehead atoms. The number of methoxy groups -OCH3 is 1. The third-order valence-corrected chi connectivity index (χ3v) is 4.38. The second-order valence-electron chi connectivity index (χ2n) is 6.26. The fourth-order valence-electron chi connectivity index (χ4n) is 2.91. The van der Waals surface area contributed by atoms with Crippen molar-refractivity contribution in [3.63, 3.8) is 0 Å². The Kier molecular flexibility index (Phi) is 6.03. The van der Waals surface area contributed by atoms with Crippen LogP contribution in [0, 0.1) is 10.1 Å². The molecule has 3 aromatic rings. The van der Waals surface area contributed by atoms with E-state index < -0.39 is 11.0 Å². The van der Waals surface area contributed by atoms with Crippen LogP contribution in [0.4, 0.5) is 5.69 Å². The molecule has 1 unspecified atom stereocenters. The number of carbonyl (C=O) groups excluding carboxylic acids is 1. The van der Waals surface area contributed by atoms with Gasteiger partial charge in [-0.15, -0.1) is 0 Å². The number of benzene rings is 2. The van der Waals surface area contributed by atoms with Crippen LogP contribution in [0.2, 0.25) is 0 Å². The van der Waals surface area contributed by atoms with E-state index in [1.807, 2.05) is 35.9 Å². The fourth-order valence-corrected chi connectivity index (χ4v) is 2.91. The van der Waals surface area contributed by atoms with Crippen LogP contribution in [0.3, 0.4) is 0 Å². The predicted octanol–water partition coefficient (Wildman–Crippen LogP) is 3.26. The SMILES string of the molecule is COc1ccccc1C(NC(=O)/C=C/c1ccc([N+](=O)[O-])cc1)c1nccn1C. The molecule has 8 heteroatoms. The lowest BCUT2D eigenvalue weighted by Crippen LogP contribution is -2.30. The van der Waals surface area contributed by atoms with Crippen LogP contribution in [0.25, 0.3) is 6.08 Å². The molecular weight excluding hydrogens is 372 g/mol. The fraction of sp³-hybridized carbons (Fsp3) is 0.143. The summed E-state index contributed by atoms with van der Waals surface area (Å²) in [6, 6.07) is 12.9. The van der Waals surface area contributed by atoms with E-state index in [-0.39, 0.29) is 11.6 Å². The number of nitrogens with zero attached hydrogens (tertiary/aromatic N) is 3. The van der Waals surface area contributed by atoms with E-state index in [1.165, 1.54) is 18.2 Å². The van der Waals surface area contributed by atoms with Crippen LogP contribution < -0.4 is 10.1 Å². The lowest BCUT2D eigenvalue weighted by molar-refractivity contribution is -0.384. The molecule has 0 spiro atoms. The zero-order valence-corrected chi connectivity index (χ0v) is 16.0. The van der Waals surface area contributed by atoms with Crippen molar-refractivity contribution in [3.05, 3.63) is 94.1 Å². The number of para-hydroxylation sites is 1. The first kappa shape index (κ1) is 19.8. The van der Waals surface area contributed by atoms with Gasteiger partial charge in [-0.05, 0) is 29.8 Å². The number of hydrogen-bond donors (Lipinski definition) is 1. The van der Waals surface area contributed by atoms with E-state index in [0.29, 0.717) is 17.1 Å². The van der Waals surface area contributed by atoms with Gasteiger partial charge >= 0.3 is 0 Å². The summed E-state index contributed by atoms with van der Waals surface area (Å²) in [5.74, 6) is 0.967. The molecule has 1 N–H and O–H groups in total. The number of aryl methyl sites for hydroxylation is 1. The molecule has 2 aromatic carbocycles. The summed E-state index contributed by atoms with van der Waals surface area (Å²) in [6.45, 7) is 0. The van der Waals surface area contributed by atoms with Crippen molar-refractivity contribution in [2.75, 3.05) is 7.11 Å². The van der Waals surface area contributed by atoms with Crippen LogP contribution in [0.15, 0.2) is 67.0 Å². The van der Waals surface area contributed by atoms with E-state index >= 15 is 0 Å². The second kappa shape index (κ2) is 8.83. The van der Waals surface area contributed by atoms with Gasteiger partial charge in [0.25, 0.3) is 5.69 Å². The van der Waals surface area contributed by atoms with E-state index in [4.69, 9.17) is 4.74 Å². The largest absolute Gasteiger partial charge is 0.496 e. The first-order chi connectivity index (χ1) is 14.0. The van der Waals surface area contributed by atoms with Crippen molar-refractivity contribution >= 4 is 17.7 Å². The molecule has 0 aliphatic carbocycles. The van der Waals surface area contributed by atoms with Gasteiger partial charge < -0.3 is 14.6 Å². The third-order valence-electron chi connectivity index (χ3n) is 4.38. The first-order valence-electron chi connectivity index (χ1n) is 8.82. The molecule has 1 aromatic heterocycles. The molecule has 8 nitrogen and oxygen atoms in total. The number of imidazole rings is 1. The highest BCUT2D eigenvalue weighted by Gasteiger charge is 2.23. The van der Waals surface area contributed by atoms with Crippen molar-refractivity contribution in [2.45, 2.75) is 6.04 Å². The summed E-state index contributed by atoms with van der Waals surface area (Å²) < 4.78 is 7.27. The highest BCUT2D eigenvalue weighted by Crippen LogP contribution is 2.29. The quantitative estimate of drug-likeness (QED) is 0.378. The summed E-state index contributed by atoms with van der Waals surface area (Å²) in [5, 5.41) is 13.7. The van der Waals surface area contributed by atoms with Crippen molar-refractivity contribution < 1.29 is 14.5 Å². The average molecular weight is 392 g/mol. The first-order valence-corrected chi connectivity index (χ1v) is 8.82.